The van der Waals surface area contributed by atoms with Gasteiger partial charge < -0.3 is 16.4 Å². The Kier molecular flexibility index (Phi) is 4.66. The number of rotatable bonds is 5. The molecule has 8 nitrogen and oxygen atoms in total. The molecular formula is C15H18ClN7O. The Hall–Kier alpha value is -2.61. The summed E-state index contributed by atoms with van der Waals surface area (Å²) < 4.78 is 1.67. The molecule has 0 saturated carbocycles. The SMILES string of the molecule is Cn1cc(Nc2ncc(Cl)c(N[C@H]3CC=CC[C@H]3C(N)=O)n2)cn1. The zero-order valence-corrected chi connectivity index (χ0v) is 13.9. The van der Waals surface area contributed by atoms with Gasteiger partial charge in [0.05, 0.1) is 24.0 Å². The highest BCUT2D eigenvalue weighted by Crippen LogP contribution is 2.27. The number of carbonyl (C=O) groups excluding carboxylic acids is 1. The number of aryl methyl sites for hydroxylation is 1. The van der Waals surface area contributed by atoms with Crippen LogP contribution in [0.25, 0.3) is 0 Å². The van der Waals surface area contributed by atoms with Gasteiger partial charge in [-0.1, -0.05) is 23.8 Å². The van der Waals surface area contributed by atoms with Crippen LogP contribution in [0.1, 0.15) is 12.8 Å². The second-order valence-corrected chi connectivity index (χ2v) is 6.03. The second-order valence-electron chi connectivity index (χ2n) is 5.62. The van der Waals surface area contributed by atoms with Gasteiger partial charge in [0, 0.05) is 19.3 Å². The fourth-order valence-corrected chi connectivity index (χ4v) is 2.75. The molecule has 2 aromatic rings. The monoisotopic (exact) mass is 347 g/mol. The molecule has 0 bridgehead atoms. The van der Waals surface area contributed by atoms with Crippen molar-refractivity contribution in [3.8, 4) is 0 Å². The van der Waals surface area contributed by atoms with Crippen LogP contribution in [0.4, 0.5) is 17.5 Å². The van der Waals surface area contributed by atoms with Crippen molar-refractivity contribution in [2.24, 2.45) is 18.7 Å². The van der Waals surface area contributed by atoms with Gasteiger partial charge in [-0.2, -0.15) is 10.1 Å². The lowest BCUT2D eigenvalue weighted by Gasteiger charge is -2.27. The van der Waals surface area contributed by atoms with E-state index in [2.05, 4.69) is 25.7 Å². The summed E-state index contributed by atoms with van der Waals surface area (Å²) in [7, 11) is 1.82. The molecule has 2 heterocycles. The Labute approximate surface area is 144 Å². The van der Waals surface area contributed by atoms with E-state index in [1.165, 1.54) is 6.20 Å². The molecule has 126 valence electrons. The molecule has 0 spiro atoms. The van der Waals surface area contributed by atoms with Crippen LogP contribution in [0, 0.1) is 5.92 Å². The fourth-order valence-electron chi connectivity index (χ4n) is 2.61. The summed E-state index contributed by atoms with van der Waals surface area (Å²) in [6, 6.07) is -0.147. The van der Waals surface area contributed by atoms with Crippen LogP contribution in [-0.4, -0.2) is 31.7 Å². The maximum Gasteiger partial charge on any atom is 0.229 e. The number of nitrogens with one attached hydrogen (secondary N) is 2. The van der Waals surface area contributed by atoms with Crippen molar-refractivity contribution < 1.29 is 4.79 Å². The van der Waals surface area contributed by atoms with E-state index >= 15 is 0 Å². The molecule has 4 N–H and O–H groups in total. The maximum absolute atomic E-state index is 11.6. The Balaban J connectivity index is 1.78. The number of halogens is 1. The highest BCUT2D eigenvalue weighted by atomic mass is 35.5. The standard InChI is InChI=1S/C15H18ClN7O/c1-23-8-9(6-19-23)20-15-18-7-11(16)14(22-15)21-12-5-3-2-4-10(12)13(17)24/h2-3,6-8,10,12H,4-5H2,1H3,(H2,17,24)(H2,18,20,21,22)/t10-,12+/m1/s1. The number of nitrogens with zero attached hydrogens (tertiary/aromatic N) is 4. The number of nitrogens with two attached hydrogens (primary N) is 1. The topological polar surface area (TPSA) is 111 Å². The molecule has 0 saturated heterocycles. The predicted octanol–water partition coefficient (Wildman–Crippen LogP) is 1.84. The molecule has 0 fully saturated rings. The minimum atomic E-state index is -0.337. The van der Waals surface area contributed by atoms with E-state index < -0.39 is 0 Å². The van der Waals surface area contributed by atoms with E-state index in [0.29, 0.717) is 29.6 Å². The maximum atomic E-state index is 11.6. The van der Waals surface area contributed by atoms with Crippen molar-refractivity contribution in [2.45, 2.75) is 18.9 Å². The van der Waals surface area contributed by atoms with Crippen molar-refractivity contribution in [1.29, 1.82) is 0 Å². The lowest BCUT2D eigenvalue weighted by Crippen LogP contribution is -2.39. The first-order valence-corrected chi connectivity index (χ1v) is 7.90. The van der Waals surface area contributed by atoms with Gasteiger partial charge in [0.15, 0.2) is 5.82 Å². The first-order valence-electron chi connectivity index (χ1n) is 7.52. The molecule has 0 aromatic carbocycles. The summed E-state index contributed by atoms with van der Waals surface area (Å²) in [4.78, 5) is 20.2. The van der Waals surface area contributed by atoms with Crippen LogP contribution in [0.15, 0.2) is 30.7 Å². The smallest absolute Gasteiger partial charge is 0.229 e. The summed E-state index contributed by atoms with van der Waals surface area (Å²) in [5.41, 5.74) is 6.25. The molecule has 3 rings (SSSR count). The third-order valence-electron chi connectivity index (χ3n) is 3.83. The highest BCUT2D eigenvalue weighted by molar-refractivity contribution is 6.32. The van der Waals surface area contributed by atoms with Gasteiger partial charge in [0.25, 0.3) is 0 Å². The zero-order chi connectivity index (χ0) is 17.1. The summed E-state index contributed by atoms with van der Waals surface area (Å²) in [5.74, 6) is 0.216. The number of carbonyl (C=O) groups is 1. The molecule has 1 aliphatic rings. The molecule has 24 heavy (non-hydrogen) atoms. The van der Waals surface area contributed by atoms with E-state index in [1.807, 2.05) is 19.2 Å². The van der Waals surface area contributed by atoms with Crippen LogP contribution in [0.3, 0.4) is 0 Å². The molecule has 2 aromatic heterocycles. The van der Waals surface area contributed by atoms with Crippen LogP contribution >= 0.6 is 11.6 Å². The van der Waals surface area contributed by atoms with Crippen molar-refractivity contribution >= 4 is 35.0 Å². The van der Waals surface area contributed by atoms with Gasteiger partial charge in [-0.25, -0.2) is 4.98 Å². The second kappa shape index (κ2) is 6.88. The van der Waals surface area contributed by atoms with Gasteiger partial charge in [-0.15, -0.1) is 0 Å². The van der Waals surface area contributed by atoms with E-state index in [9.17, 15) is 4.79 Å². The lowest BCUT2D eigenvalue weighted by atomic mass is 9.88. The third-order valence-corrected chi connectivity index (χ3v) is 4.10. The normalized spacial score (nSPS) is 19.9. The number of hydrogen-bond acceptors (Lipinski definition) is 6. The quantitative estimate of drug-likeness (QED) is 0.712. The molecule has 2 atom stereocenters. The van der Waals surface area contributed by atoms with Crippen molar-refractivity contribution in [2.75, 3.05) is 10.6 Å². The fraction of sp³-hybridized carbons (Fsp3) is 0.333. The highest BCUT2D eigenvalue weighted by Gasteiger charge is 2.28. The third kappa shape index (κ3) is 3.65. The van der Waals surface area contributed by atoms with Crippen molar-refractivity contribution in [3.05, 3.63) is 35.8 Å². The number of amides is 1. The molecule has 1 aliphatic carbocycles. The van der Waals surface area contributed by atoms with Crippen LogP contribution < -0.4 is 16.4 Å². The average Bonchev–Trinajstić information content (AvgIpc) is 2.96. The van der Waals surface area contributed by atoms with Gasteiger partial charge >= 0.3 is 0 Å². The summed E-state index contributed by atoms with van der Waals surface area (Å²) >= 11 is 6.18. The number of hydrogen-bond donors (Lipinski definition) is 3. The molecule has 0 aliphatic heterocycles. The van der Waals surface area contributed by atoms with Crippen LogP contribution in [-0.2, 0) is 11.8 Å². The number of anilines is 3. The minimum Gasteiger partial charge on any atom is -0.369 e. The van der Waals surface area contributed by atoms with Crippen LogP contribution in [0.2, 0.25) is 5.02 Å². The summed E-state index contributed by atoms with van der Waals surface area (Å²) in [6.45, 7) is 0. The van der Waals surface area contributed by atoms with Crippen LogP contribution in [0.5, 0.6) is 0 Å². The number of aromatic nitrogens is 4. The molecular weight excluding hydrogens is 330 g/mol. The minimum absolute atomic E-state index is 0.147. The van der Waals surface area contributed by atoms with Crippen molar-refractivity contribution in [3.63, 3.8) is 0 Å². The predicted molar refractivity (Wildman–Crippen MR) is 92.0 cm³/mol. The summed E-state index contributed by atoms with van der Waals surface area (Å²) in [5, 5.41) is 10.7. The Morgan fingerprint density at radius 3 is 2.88 bits per heavy atom. The molecule has 0 radical (unpaired) electrons. The summed E-state index contributed by atoms with van der Waals surface area (Å²) in [6.07, 6.45) is 10.2. The van der Waals surface area contributed by atoms with Gasteiger partial charge in [0.1, 0.15) is 5.02 Å². The lowest BCUT2D eigenvalue weighted by molar-refractivity contribution is -0.122. The molecule has 0 unspecified atom stereocenters. The van der Waals surface area contributed by atoms with Gasteiger partial charge in [-0.05, 0) is 12.8 Å². The average molecular weight is 348 g/mol. The van der Waals surface area contributed by atoms with E-state index in [4.69, 9.17) is 17.3 Å². The van der Waals surface area contributed by atoms with Gasteiger partial charge in [-0.3, -0.25) is 9.48 Å². The largest absolute Gasteiger partial charge is 0.369 e. The first-order chi connectivity index (χ1) is 11.5. The number of primary amides is 1. The Morgan fingerprint density at radius 1 is 1.38 bits per heavy atom. The Bertz CT molecular complexity index is 773. The van der Waals surface area contributed by atoms with E-state index in [0.717, 1.165) is 5.69 Å². The van der Waals surface area contributed by atoms with Crippen molar-refractivity contribution in [1.82, 2.24) is 19.7 Å². The van der Waals surface area contributed by atoms with E-state index in [-0.39, 0.29) is 17.9 Å². The van der Waals surface area contributed by atoms with E-state index in [1.54, 1.807) is 17.1 Å². The number of allylic oxidation sites excluding steroid dienone is 1. The Morgan fingerprint density at radius 2 is 2.17 bits per heavy atom. The zero-order valence-electron chi connectivity index (χ0n) is 13.1. The molecule has 9 heteroatoms. The van der Waals surface area contributed by atoms with Gasteiger partial charge in [0.2, 0.25) is 11.9 Å². The first kappa shape index (κ1) is 16.3. The molecule has 1 amide bonds.